The number of ether oxygens (including phenoxy) is 3. The van der Waals surface area contributed by atoms with E-state index in [4.69, 9.17) is 14.2 Å². The molecule has 162 valence electrons. The molecule has 2 aliphatic rings. The SMILES string of the molecule is CC.COc1ccc2c(c1OC)CCC1[C@H]2CCCN1C(=O)OCc1ccccc1. The number of carbonyl (C=O) groups excluding carboxylic acids is 1. The highest BCUT2D eigenvalue weighted by molar-refractivity contribution is 5.69. The van der Waals surface area contributed by atoms with Crippen LogP contribution in [0, 0.1) is 0 Å². The smallest absolute Gasteiger partial charge is 0.410 e. The molecule has 5 nitrogen and oxygen atoms in total. The summed E-state index contributed by atoms with van der Waals surface area (Å²) in [6.07, 6.45) is 3.65. The molecule has 0 aromatic heterocycles. The molecule has 1 saturated heterocycles. The first-order chi connectivity index (χ1) is 14.7. The number of likely N-dealkylation sites (tertiary alicyclic amines) is 1. The zero-order chi connectivity index (χ0) is 21.5. The van der Waals surface area contributed by atoms with Gasteiger partial charge in [0.25, 0.3) is 0 Å². The van der Waals surface area contributed by atoms with E-state index >= 15 is 0 Å². The van der Waals surface area contributed by atoms with Gasteiger partial charge in [-0.3, -0.25) is 0 Å². The van der Waals surface area contributed by atoms with Gasteiger partial charge in [0.1, 0.15) is 6.61 Å². The molecule has 1 aliphatic heterocycles. The number of amides is 1. The van der Waals surface area contributed by atoms with Gasteiger partial charge in [0, 0.05) is 24.1 Å². The number of hydrogen-bond acceptors (Lipinski definition) is 4. The van der Waals surface area contributed by atoms with Crippen LogP contribution in [0.5, 0.6) is 11.5 Å². The van der Waals surface area contributed by atoms with Crippen LogP contribution in [-0.2, 0) is 17.8 Å². The summed E-state index contributed by atoms with van der Waals surface area (Å²) < 4.78 is 16.7. The largest absolute Gasteiger partial charge is 0.493 e. The Balaban J connectivity index is 0.00000124. The van der Waals surface area contributed by atoms with Crippen molar-refractivity contribution in [3.63, 3.8) is 0 Å². The highest BCUT2D eigenvalue weighted by atomic mass is 16.6. The van der Waals surface area contributed by atoms with Gasteiger partial charge in [-0.15, -0.1) is 0 Å². The molecule has 30 heavy (non-hydrogen) atoms. The van der Waals surface area contributed by atoms with Gasteiger partial charge < -0.3 is 19.1 Å². The minimum absolute atomic E-state index is 0.183. The summed E-state index contributed by atoms with van der Waals surface area (Å²) in [5, 5.41) is 0. The van der Waals surface area contributed by atoms with Gasteiger partial charge in [-0.05, 0) is 42.9 Å². The Morgan fingerprint density at radius 2 is 1.80 bits per heavy atom. The van der Waals surface area contributed by atoms with Crippen LogP contribution in [0.4, 0.5) is 4.79 Å². The molecular formula is C25H33NO4. The Labute approximate surface area is 179 Å². The lowest BCUT2D eigenvalue weighted by Crippen LogP contribution is -2.49. The van der Waals surface area contributed by atoms with Crippen molar-refractivity contribution in [3.05, 3.63) is 59.2 Å². The van der Waals surface area contributed by atoms with Crippen LogP contribution in [-0.4, -0.2) is 37.8 Å². The van der Waals surface area contributed by atoms with Gasteiger partial charge in [0.15, 0.2) is 11.5 Å². The Morgan fingerprint density at radius 3 is 2.50 bits per heavy atom. The van der Waals surface area contributed by atoms with Crippen molar-refractivity contribution in [2.75, 3.05) is 20.8 Å². The molecule has 1 fully saturated rings. The van der Waals surface area contributed by atoms with E-state index in [1.807, 2.05) is 55.1 Å². The van der Waals surface area contributed by atoms with Crippen molar-refractivity contribution in [2.24, 2.45) is 0 Å². The quantitative estimate of drug-likeness (QED) is 0.661. The molecule has 0 N–H and O–H groups in total. The van der Waals surface area contributed by atoms with E-state index in [0.717, 1.165) is 49.3 Å². The van der Waals surface area contributed by atoms with Gasteiger partial charge in [-0.2, -0.15) is 0 Å². The van der Waals surface area contributed by atoms with Crippen molar-refractivity contribution in [3.8, 4) is 11.5 Å². The molecule has 4 rings (SSSR count). The maximum atomic E-state index is 12.8. The predicted octanol–water partition coefficient (Wildman–Crippen LogP) is 5.56. The van der Waals surface area contributed by atoms with Gasteiger partial charge in [-0.1, -0.05) is 50.2 Å². The maximum absolute atomic E-state index is 12.8. The number of benzene rings is 2. The fraction of sp³-hybridized carbons (Fsp3) is 0.480. The molecule has 2 aromatic rings. The Morgan fingerprint density at radius 1 is 1.03 bits per heavy atom. The van der Waals surface area contributed by atoms with E-state index in [1.165, 1.54) is 11.1 Å². The second-order valence-corrected chi connectivity index (χ2v) is 7.46. The molecule has 1 unspecified atom stereocenters. The topological polar surface area (TPSA) is 48.0 Å². The van der Waals surface area contributed by atoms with Crippen LogP contribution in [0.1, 0.15) is 55.7 Å². The lowest BCUT2D eigenvalue weighted by atomic mass is 9.74. The molecule has 2 aromatic carbocycles. The van der Waals surface area contributed by atoms with Gasteiger partial charge in [-0.25, -0.2) is 4.79 Å². The standard InChI is InChI=1S/C23H27NO4.C2H6/c1-26-21-13-11-17-18-9-6-14-24(20(18)12-10-19(17)22(21)27-2)23(25)28-15-16-7-4-3-5-8-16;1-2/h3-5,7-8,11,13,18,20H,6,9-10,12,14-15H2,1-2H3;1-2H3/t18-,20?;/m0./s1. The number of hydrogen-bond donors (Lipinski definition) is 0. The molecule has 0 saturated carbocycles. The Kier molecular flexibility index (Phi) is 7.61. The fourth-order valence-electron chi connectivity index (χ4n) is 4.71. The summed E-state index contributed by atoms with van der Waals surface area (Å²) in [5.74, 6) is 1.93. The first kappa shape index (κ1) is 22.0. The van der Waals surface area contributed by atoms with E-state index in [0.29, 0.717) is 12.5 Å². The lowest BCUT2D eigenvalue weighted by Gasteiger charge is -2.44. The highest BCUT2D eigenvalue weighted by Crippen LogP contribution is 2.46. The molecule has 1 heterocycles. The zero-order valence-corrected chi connectivity index (χ0v) is 18.5. The van der Waals surface area contributed by atoms with Crippen molar-refractivity contribution < 1.29 is 19.0 Å². The molecule has 0 radical (unpaired) electrons. The zero-order valence-electron chi connectivity index (χ0n) is 18.5. The normalized spacial score (nSPS) is 19.5. The molecule has 0 spiro atoms. The first-order valence-corrected chi connectivity index (χ1v) is 10.9. The van der Waals surface area contributed by atoms with Crippen LogP contribution in [0.25, 0.3) is 0 Å². The predicted molar refractivity (Wildman–Crippen MR) is 118 cm³/mol. The maximum Gasteiger partial charge on any atom is 0.410 e. The Bertz CT molecular complexity index is 837. The molecular weight excluding hydrogens is 378 g/mol. The van der Waals surface area contributed by atoms with E-state index in [9.17, 15) is 4.79 Å². The third-order valence-corrected chi connectivity index (χ3v) is 5.99. The van der Waals surface area contributed by atoms with Crippen LogP contribution < -0.4 is 9.47 Å². The number of carbonyl (C=O) groups is 1. The van der Waals surface area contributed by atoms with Crippen LogP contribution in [0.3, 0.4) is 0 Å². The van der Waals surface area contributed by atoms with Crippen molar-refractivity contribution in [2.45, 2.75) is 58.1 Å². The monoisotopic (exact) mass is 411 g/mol. The Hall–Kier alpha value is -2.69. The van der Waals surface area contributed by atoms with Gasteiger partial charge in [0.05, 0.1) is 14.2 Å². The average molecular weight is 412 g/mol. The number of nitrogens with zero attached hydrogens (tertiary/aromatic N) is 1. The summed E-state index contributed by atoms with van der Waals surface area (Å²) >= 11 is 0. The highest BCUT2D eigenvalue weighted by Gasteiger charge is 2.40. The second kappa shape index (κ2) is 10.4. The summed E-state index contributed by atoms with van der Waals surface area (Å²) in [6.45, 7) is 5.08. The second-order valence-electron chi connectivity index (χ2n) is 7.46. The van der Waals surface area contributed by atoms with Crippen molar-refractivity contribution in [1.29, 1.82) is 0 Å². The fourth-order valence-corrected chi connectivity index (χ4v) is 4.71. The summed E-state index contributed by atoms with van der Waals surface area (Å²) in [6, 6.07) is 14.1. The van der Waals surface area contributed by atoms with E-state index in [1.54, 1.807) is 14.2 Å². The summed E-state index contributed by atoms with van der Waals surface area (Å²) in [5.41, 5.74) is 3.52. The van der Waals surface area contributed by atoms with E-state index in [-0.39, 0.29) is 12.1 Å². The lowest BCUT2D eigenvalue weighted by molar-refractivity contribution is 0.0566. The summed E-state index contributed by atoms with van der Waals surface area (Å²) in [7, 11) is 3.36. The van der Waals surface area contributed by atoms with E-state index in [2.05, 4.69) is 6.07 Å². The molecule has 1 aliphatic carbocycles. The minimum atomic E-state index is -0.206. The molecule has 5 heteroatoms. The molecule has 2 atom stereocenters. The van der Waals surface area contributed by atoms with Gasteiger partial charge in [0.2, 0.25) is 0 Å². The number of piperidine rings is 1. The minimum Gasteiger partial charge on any atom is -0.493 e. The van der Waals surface area contributed by atoms with Crippen LogP contribution >= 0.6 is 0 Å². The molecule has 0 bridgehead atoms. The van der Waals surface area contributed by atoms with Crippen LogP contribution in [0.2, 0.25) is 0 Å². The van der Waals surface area contributed by atoms with E-state index < -0.39 is 0 Å². The first-order valence-electron chi connectivity index (χ1n) is 10.9. The average Bonchev–Trinajstić information content (AvgIpc) is 2.82. The third kappa shape index (κ3) is 4.40. The number of fused-ring (bicyclic) bond motifs is 3. The number of rotatable bonds is 4. The summed E-state index contributed by atoms with van der Waals surface area (Å²) in [4.78, 5) is 14.8. The van der Waals surface area contributed by atoms with Crippen molar-refractivity contribution in [1.82, 2.24) is 4.90 Å². The van der Waals surface area contributed by atoms with Gasteiger partial charge >= 0.3 is 6.09 Å². The van der Waals surface area contributed by atoms with Crippen molar-refractivity contribution >= 4 is 6.09 Å². The third-order valence-electron chi connectivity index (χ3n) is 5.99. The number of methoxy groups -OCH3 is 2. The van der Waals surface area contributed by atoms with Crippen LogP contribution in [0.15, 0.2) is 42.5 Å². The molecule has 1 amide bonds.